The zero-order valence-corrected chi connectivity index (χ0v) is 40.5. The van der Waals surface area contributed by atoms with Crippen molar-refractivity contribution in [2.75, 3.05) is 41.4 Å². The lowest BCUT2D eigenvalue weighted by Gasteiger charge is -2.41. The third-order valence-electron chi connectivity index (χ3n) is 13.3. The number of aromatic nitrogens is 1. The second kappa shape index (κ2) is 26.3. The standard InChI is InChI=1S/C49H79N5O7S/c1-12-34(6)46(53(9)49(59)38(32(2)3)30-41(56)45(33(4)5)52(8)43(57)23-17-14-18-24-50)42(60-10)31-44(58)54-26-19-22-39(54)47(61-11)35(7)40(55)29-37(48-51-25-27-62-48)28-36-20-15-13-16-21-36/h13,15-16,20-21,25,27,32-35,37-39,42,45-47H,12,14,17-19,22-24,26,28-31,50H2,1-11H3/t34-,35-,37+,38-,39-,42+,45-,46-,47?/m0/s1. The molecule has 2 heterocycles. The van der Waals surface area contributed by atoms with Crippen molar-refractivity contribution < 1.29 is 33.4 Å². The molecule has 0 radical (unpaired) electrons. The third-order valence-corrected chi connectivity index (χ3v) is 14.3. The number of carbonyl (C=O) groups excluding carboxylic acids is 5. The Hall–Kier alpha value is -3.52. The molecule has 62 heavy (non-hydrogen) atoms. The Morgan fingerprint density at radius 2 is 1.58 bits per heavy atom. The number of unbranched alkanes of at least 4 members (excludes halogenated alkanes) is 2. The van der Waals surface area contributed by atoms with Gasteiger partial charge in [0, 0.05) is 83.5 Å². The van der Waals surface area contributed by atoms with Crippen LogP contribution in [0.15, 0.2) is 41.9 Å². The molecule has 348 valence electrons. The Balaban J connectivity index is 1.78. The minimum atomic E-state index is -0.651. The first-order chi connectivity index (χ1) is 29.5. The van der Waals surface area contributed by atoms with E-state index in [1.807, 2.05) is 63.1 Å². The van der Waals surface area contributed by atoms with Gasteiger partial charge in [-0.2, -0.15) is 0 Å². The smallest absolute Gasteiger partial charge is 0.226 e. The second-order valence-corrected chi connectivity index (χ2v) is 19.3. The van der Waals surface area contributed by atoms with Crippen molar-refractivity contribution in [1.29, 1.82) is 0 Å². The molecule has 0 spiro atoms. The van der Waals surface area contributed by atoms with E-state index in [-0.39, 0.29) is 71.8 Å². The molecule has 1 aromatic carbocycles. The van der Waals surface area contributed by atoms with Gasteiger partial charge in [-0.05, 0) is 62.0 Å². The molecular formula is C49H79N5O7S. The van der Waals surface area contributed by atoms with E-state index in [1.165, 1.54) is 0 Å². The van der Waals surface area contributed by atoms with Gasteiger partial charge in [0.2, 0.25) is 17.7 Å². The fraction of sp³-hybridized carbons (Fsp3) is 0.714. The number of hydrogen-bond acceptors (Lipinski definition) is 10. The van der Waals surface area contributed by atoms with E-state index in [2.05, 4.69) is 31.0 Å². The van der Waals surface area contributed by atoms with E-state index in [1.54, 1.807) is 55.6 Å². The number of hydrogen-bond donors (Lipinski definition) is 1. The molecule has 12 nitrogen and oxygen atoms in total. The summed E-state index contributed by atoms with van der Waals surface area (Å²) in [5, 5.41) is 2.87. The van der Waals surface area contributed by atoms with Crippen molar-refractivity contribution in [1.82, 2.24) is 19.7 Å². The number of nitrogens with zero attached hydrogens (tertiary/aromatic N) is 4. The van der Waals surface area contributed by atoms with E-state index >= 15 is 0 Å². The monoisotopic (exact) mass is 882 g/mol. The summed E-state index contributed by atoms with van der Waals surface area (Å²) in [6.45, 7) is 14.9. The van der Waals surface area contributed by atoms with Gasteiger partial charge in [-0.25, -0.2) is 4.98 Å². The summed E-state index contributed by atoms with van der Waals surface area (Å²) in [5.41, 5.74) is 6.78. The van der Waals surface area contributed by atoms with Crippen molar-refractivity contribution in [3.63, 3.8) is 0 Å². The molecular weight excluding hydrogens is 803 g/mol. The number of ether oxygens (including phenoxy) is 2. The van der Waals surface area contributed by atoms with Crippen LogP contribution in [0.25, 0.3) is 0 Å². The molecule has 1 aliphatic rings. The predicted molar refractivity (Wildman–Crippen MR) is 248 cm³/mol. The van der Waals surface area contributed by atoms with Crippen LogP contribution in [0.4, 0.5) is 0 Å². The van der Waals surface area contributed by atoms with Crippen LogP contribution < -0.4 is 5.73 Å². The minimum absolute atomic E-state index is 0.000105. The van der Waals surface area contributed by atoms with Crippen LogP contribution in [0.1, 0.15) is 129 Å². The zero-order valence-electron chi connectivity index (χ0n) is 39.7. The summed E-state index contributed by atoms with van der Waals surface area (Å²) in [6, 6.07) is 8.75. The molecule has 2 N–H and O–H groups in total. The number of amides is 3. The van der Waals surface area contributed by atoms with Gasteiger partial charge in [0.15, 0.2) is 5.78 Å². The van der Waals surface area contributed by atoms with Gasteiger partial charge >= 0.3 is 0 Å². The first-order valence-corrected chi connectivity index (χ1v) is 24.0. The lowest BCUT2D eigenvalue weighted by atomic mass is 9.83. The van der Waals surface area contributed by atoms with Crippen LogP contribution in [0.2, 0.25) is 0 Å². The molecule has 1 saturated heterocycles. The van der Waals surface area contributed by atoms with Crippen molar-refractivity contribution in [2.24, 2.45) is 35.3 Å². The van der Waals surface area contributed by atoms with Crippen molar-refractivity contribution >= 4 is 40.6 Å². The number of likely N-dealkylation sites (N-methyl/N-ethyl adjacent to an activating group) is 2. The maximum absolute atomic E-state index is 14.6. The van der Waals surface area contributed by atoms with E-state index in [4.69, 9.17) is 15.2 Å². The highest BCUT2D eigenvalue weighted by Gasteiger charge is 2.43. The average molecular weight is 882 g/mol. The first kappa shape index (κ1) is 52.8. The summed E-state index contributed by atoms with van der Waals surface area (Å²) in [7, 11) is 6.65. The molecule has 1 aliphatic heterocycles. The average Bonchev–Trinajstić information content (AvgIpc) is 3.97. The molecule has 1 aromatic heterocycles. The number of thiazole rings is 1. The summed E-state index contributed by atoms with van der Waals surface area (Å²) in [4.78, 5) is 80.1. The SMILES string of the molecule is CC[C@H](C)[C@@H]([C@@H](CC(=O)N1CCC[C@H]1C(OC)[C@@H](C)C(=O)C[C@@H](Cc1ccccc1)c1nccs1)OC)N(C)C(=O)[C@@H](CC(=O)[C@H](C(C)C)N(C)C(=O)CCCCCN)C(C)C. The molecule has 1 unspecified atom stereocenters. The fourth-order valence-corrected chi connectivity index (χ4v) is 10.3. The largest absolute Gasteiger partial charge is 0.379 e. The molecule has 2 aromatic rings. The predicted octanol–water partition coefficient (Wildman–Crippen LogP) is 7.58. The van der Waals surface area contributed by atoms with Crippen molar-refractivity contribution in [3.8, 4) is 0 Å². The topological polar surface area (TPSA) is 152 Å². The van der Waals surface area contributed by atoms with Crippen molar-refractivity contribution in [3.05, 3.63) is 52.5 Å². The lowest BCUT2D eigenvalue weighted by Crippen LogP contribution is -2.54. The number of Topliss-reactive ketones (excluding diaryl/α,β-unsaturated/α-hetero) is 2. The Labute approximate surface area is 377 Å². The van der Waals surface area contributed by atoms with Crippen LogP contribution >= 0.6 is 11.3 Å². The number of nitrogens with two attached hydrogens (primary N) is 1. The van der Waals surface area contributed by atoms with Crippen LogP contribution in [0.5, 0.6) is 0 Å². The highest BCUT2D eigenvalue weighted by molar-refractivity contribution is 7.09. The quantitative estimate of drug-likeness (QED) is 0.0853. The number of likely N-dealkylation sites (tertiary alicyclic amines) is 1. The van der Waals surface area contributed by atoms with Crippen LogP contribution in [0.3, 0.4) is 0 Å². The summed E-state index contributed by atoms with van der Waals surface area (Å²) >= 11 is 1.56. The molecule has 3 rings (SSSR count). The first-order valence-electron chi connectivity index (χ1n) is 23.1. The van der Waals surface area contributed by atoms with Gasteiger partial charge in [-0.1, -0.05) is 91.6 Å². The van der Waals surface area contributed by atoms with Crippen molar-refractivity contribution in [2.45, 2.75) is 155 Å². The van der Waals surface area contributed by atoms with Gasteiger partial charge in [-0.15, -0.1) is 11.3 Å². The Morgan fingerprint density at radius 1 is 0.887 bits per heavy atom. The molecule has 9 atom stereocenters. The van der Waals surface area contributed by atoms with Crippen LogP contribution in [0, 0.1) is 29.6 Å². The summed E-state index contributed by atoms with van der Waals surface area (Å²) in [5.74, 6) is -1.90. The molecule has 3 amide bonds. The second-order valence-electron chi connectivity index (χ2n) is 18.3. The maximum Gasteiger partial charge on any atom is 0.226 e. The van der Waals surface area contributed by atoms with E-state index < -0.39 is 36.1 Å². The van der Waals surface area contributed by atoms with Gasteiger partial charge < -0.3 is 29.9 Å². The normalized spacial score (nSPS) is 18.2. The van der Waals surface area contributed by atoms with E-state index in [0.29, 0.717) is 45.2 Å². The Bertz CT molecular complexity index is 1670. The number of rotatable bonds is 28. The van der Waals surface area contributed by atoms with Gasteiger partial charge in [0.05, 0.1) is 41.8 Å². The highest BCUT2D eigenvalue weighted by Crippen LogP contribution is 2.34. The van der Waals surface area contributed by atoms with Gasteiger partial charge in [-0.3, -0.25) is 24.0 Å². The Kier molecular flexibility index (Phi) is 22.4. The van der Waals surface area contributed by atoms with Crippen LogP contribution in [-0.2, 0) is 39.9 Å². The lowest BCUT2D eigenvalue weighted by molar-refractivity contribution is -0.149. The van der Waals surface area contributed by atoms with Crippen LogP contribution in [-0.4, -0.2) is 121 Å². The summed E-state index contributed by atoms with van der Waals surface area (Å²) in [6.07, 6.45) is 6.72. The fourth-order valence-electron chi connectivity index (χ4n) is 9.52. The van der Waals surface area contributed by atoms with E-state index in [9.17, 15) is 24.0 Å². The molecule has 0 aliphatic carbocycles. The molecule has 13 heteroatoms. The maximum atomic E-state index is 14.6. The molecule has 1 fully saturated rings. The number of benzene rings is 1. The Morgan fingerprint density at radius 3 is 2.15 bits per heavy atom. The minimum Gasteiger partial charge on any atom is -0.379 e. The van der Waals surface area contributed by atoms with Gasteiger partial charge in [0.1, 0.15) is 5.78 Å². The number of methoxy groups -OCH3 is 2. The van der Waals surface area contributed by atoms with E-state index in [0.717, 1.165) is 36.3 Å². The third kappa shape index (κ3) is 14.5. The van der Waals surface area contributed by atoms with Gasteiger partial charge in [0.25, 0.3) is 0 Å². The summed E-state index contributed by atoms with van der Waals surface area (Å²) < 4.78 is 12.2. The number of carbonyl (C=O) groups is 5. The highest BCUT2D eigenvalue weighted by atomic mass is 32.1. The zero-order chi connectivity index (χ0) is 46.1. The molecule has 0 saturated carbocycles. The number of ketones is 2. The molecule has 0 bridgehead atoms.